The Morgan fingerprint density at radius 2 is 1.82 bits per heavy atom. The van der Waals surface area contributed by atoms with Crippen LogP contribution in [-0.2, 0) is 0 Å². The molecule has 166 valence electrons. The van der Waals surface area contributed by atoms with Crippen molar-refractivity contribution >= 4 is 40.0 Å². The van der Waals surface area contributed by atoms with Crippen LogP contribution in [0.5, 0.6) is 0 Å². The summed E-state index contributed by atoms with van der Waals surface area (Å²) in [5.41, 5.74) is 2.21. The molecule has 0 aliphatic carbocycles. The van der Waals surface area contributed by atoms with E-state index in [2.05, 4.69) is 15.4 Å². The molecule has 10 heteroatoms. The maximum absolute atomic E-state index is 13.2. The number of nitrogens with one attached hydrogen (secondary N) is 1. The molecular formula is C23H18FN5O3S. The van der Waals surface area contributed by atoms with Crippen LogP contribution in [0.1, 0.15) is 44.9 Å². The molecule has 8 nitrogen and oxygen atoms in total. The molecule has 0 unspecified atom stereocenters. The van der Waals surface area contributed by atoms with Crippen LogP contribution in [-0.4, -0.2) is 43.8 Å². The number of aromatic nitrogens is 3. The van der Waals surface area contributed by atoms with Crippen molar-refractivity contribution in [3.05, 3.63) is 70.4 Å². The molecule has 5 rings (SSSR count). The second-order valence-corrected chi connectivity index (χ2v) is 8.92. The Morgan fingerprint density at radius 3 is 2.55 bits per heavy atom. The molecule has 3 heterocycles. The number of benzene rings is 2. The van der Waals surface area contributed by atoms with Crippen LogP contribution in [0.2, 0.25) is 0 Å². The summed E-state index contributed by atoms with van der Waals surface area (Å²) in [4.78, 5) is 44.1. The Bertz CT molecular complexity index is 1420. The number of anilines is 1. The molecule has 0 spiro atoms. The molecule has 1 aliphatic rings. The number of carbonyl (C=O) groups is 3. The number of rotatable bonds is 5. The van der Waals surface area contributed by atoms with E-state index < -0.39 is 11.8 Å². The second kappa shape index (κ2) is 7.89. The molecule has 0 bridgehead atoms. The van der Waals surface area contributed by atoms with Crippen LogP contribution in [0, 0.1) is 11.7 Å². The average molecular weight is 463 g/mol. The summed E-state index contributed by atoms with van der Waals surface area (Å²) >= 11 is 1.34. The Hall–Kier alpha value is -3.92. The number of fused-ring (bicyclic) bond motifs is 2. The van der Waals surface area contributed by atoms with E-state index in [4.69, 9.17) is 0 Å². The third kappa shape index (κ3) is 3.68. The van der Waals surface area contributed by atoms with Crippen LogP contribution in [0.15, 0.2) is 47.8 Å². The largest absolute Gasteiger partial charge is 0.289 e. The van der Waals surface area contributed by atoms with E-state index in [0.29, 0.717) is 17.1 Å². The predicted molar refractivity (Wildman–Crippen MR) is 121 cm³/mol. The van der Waals surface area contributed by atoms with Gasteiger partial charge in [0, 0.05) is 23.1 Å². The van der Waals surface area contributed by atoms with Crippen molar-refractivity contribution in [1.82, 2.24) is 19.5 Å². The van der Waals surface area contributed by atoms with E-state index in [1.807, 2.05) is 19.2 Å². The van der Waals surface area contributed by atoms with Crippen molar-refractivity contribution in [2.45, 2.75) is 13.8 Å². The van der Waals surface area contributed by atoms with E-state index in [0.717, 1.165) is 11.3 Å². The molecule has 33 heavy (non-hydrogen) atoms. The zero-order chi connectivity index (χ0) is 23.3. The van der Waals surface area contributed by atoms with Gasteiger partial charge in [0.25, 0.3) is 23.7 Å². The number of nitrogens with zero attached hydrogens (tertiary/aromatic N) is 4. The lowest BCUT2D eigenvalue weighted by Crippen LogP contribution is -2.33. The van der Waals surface area contributed by atoms with Gasteiger partial charge in [-0.3, -0.25) is 24.6 Å². The number of halogens is 1. The van der Waals surface area contributed by atoms with Gasteiger partial charge in [-0.1, -0.05) is 13.8 Å². The first-order chi connectivity index (χ1) is 15.8. The van der Waals surface area contributed by atoms with E-state index in [1.54, 1.807) is 16.6 Å². The number of hydrogen-bond acceptors (Lipinski definition) is 6. The summed E-state index contributed by atoms with van der Waals surface area (Å²) in [6, 6.07) is 10.4. The van der Waals surface area contributed by atoms with E-state index in [9.17, 15) is 18.8 Å². The second-order valence-electron chi connectivity index (χ2n) is 8.09. The minimum absolute atomic E-state index is 0.0968. The van der Waals surface area contributed by atoms with Gasteiger partial charge in [0.1, 0.15) is 5.82 Å². The zero-order valence-corrected chi connectivity index (χ0v) is 18.5. The average Bonchev–Trinajstić information content (AvgIpc) is 3.42. The topological polar surface area (TPSA) is 96.7 Å². The van der Waals surface area contributed by atoms with Gasteiger partial charge in [0.15, 0.2) is 0 Å². The summed E-state index contributed by atoms with van der Waals surface area (Å²) in [5, 5.41) is 8.83. The first-order valence-corrected chi connectivity index (χ1v) is 11.1. The fourth-order valence-corrected chi connectivity index (χ4v) is 4.52. The SMILES string of the molecule is CC(C)CN1C(=O)c2ccc(C(=O)Nc3nc4scc(-c5ccc(F)cc5)n4n3)cc2C1=O. The minimum atomic E-state index is -0.498. The maximum Gasteiger partial charge on any atom is 0.261 e. The highest BCUT2D eigenvalue weighted by Gasteiger charge is 2.36. The van der Waals surface area contributed by atoms with Crippen molar-refractivity contribution in [1.29, 1.82) is 0 Å². The fourth-order valence-electron chi connectivity index (χ4n) is 3.69. The zero-order valence-electron chi connectivity index (χ0n) is 17.7. The lowest BCUT2D eigenvalue weighted by Gasteiger charge is -2.15. The summed E-state index contributed by atoms with van der Waals surface area (Å²) in [6.45, 7) is 4.17. The third-order valence-electron chi connectivity index (χ3n) is 5.23. The van der Waals surface area contributed by atoms with Crippen LogP contribution in [0.3, 0.4) is 0 Å². The molecule has 0 fully saturated rings. The molecule has 1 aliphatic heterocycles. The maximum atomic E-state index is 13.2. The summed E-state index contributed by atoms with van der Waals surface area (Å²) in [5.74, 6) is -1.35. The molecule has 0 saturated carbocycles. The van der Waals surface area contributed by atoms with Crippen molar-refractivity contribution in [3.8, 4) is 11.3 Å². The molecule has 1 N–H and O–H groups in total. The Labute approximate surface area is 191 Å². The van der Waals surface area contributed by atoms with Crippen molar-refractivity contribution in [3.63, 3.8) is 0 Å². The van der Waals surface area contributed by atoms with E-state index >= 15 is 0 Å². The highest BCUT2D eigenvalue weighted by atomic mass is 32.1. The van der Waals surface area contributed by atoms with Gasteiger partial charge < -0.3 is 0 Å². The van der Waals surface area contributed by atoms with E-state index in [-0.39, 0.29) is 34.7 Å². The molecule has 0 saturated heterocycles. The molecule has 0 atom stereocenters. The lowest BCUT2D eigenvalue weighted by atomic mass is 10.1. The minimum Gasteiger partial charge on any atom is -0.289 e. The first-order valence-electron chi connectivity index (χ1n) is 10.2. The molecule has 4 aromatic rings. The van der Waals surface area contributed by atoms with Crippen molar-refractivity contribution in [2.24, 2.45) is 5.92 Å². The number of imide groups is 1. The smallest absolute Gasteiger partial charge is 0.261 e. The van der Waals surface area contributed by atoms with Gasteiger partial charge in [-0.25, -0.2) is 8.91 Å². The summed E-state index contributed by atoms with van der Waals surface area (Å²) < 4.78 is 14.8. The molecule has 3 amide bonds. The van der Waals surface area contributed by atoms with Crippen LogP contribution in [0.4, 0.5) is 10.3 Å². The summed E-state index contributed by atoms with van der Waals surface area (Å²) in [7, 11) is 0. The van der Waals surface area contributed by atoms with Gasteiger partial charge in [0.2, 0.25) is 4.96 Å². The van der Waals surface area contributed by atoms with Gasteiger partial charge in [-0.15, -0.1) is 16.4 Å². The predicted octanol–water partition coefficient (Wildman–Crippen LogP) is 4.10. The van der Waals surface area contributed by atoms with Crippen molar-refractivity contribution < 1.29 is 18.8 Å². The third-order valence-corrected chi connectivity index (χ3v) is 6.04. The highest BCUT2D eigenvalue weighted by Crippen LogP contribution is 2.27. The van der Waals surface area contributed by atoms with Crippen LogP contribution >= 0.6 is 11.3 Å². The number of carbonyl (C=O) groups excluding carboxylic acids is 3. The van der Waals surface area contributed by atoms with Gasteiger partial charge in [0.05, 0.1) is 16.8 Å². The number of thiazole rings is 1. The lowest BCUT2D eigenvalue weighted by molar-refractivity contribution is 0.0636. The van der Waals surface area contributed by atoms with Gasteiger partial charge >= 0.3 is 0 Å². The first kappa shape index (κ1) is 21.0. The van der Waals surface area contributed by atoms with Crippen LogP contribution in [0.25, 0.3) is 16.2 Å². The van der Waals surface area contributed by atoms with Crippen molar-refractivity contribution in [2.75, 3.05) is 11.9 Å². The quantitative estimate of drug-likeness (QED) is 0.450. The van der Waals surface area contributed by atoms with Gasteiger partial charge in [-0.05, 0) is 48.4 Å². The fraction of sp³-hybridized carbons (Fsp3) is 0.174. The highest BCUT2D eigenvalue weighted by molar-refractivity contribution is 7.15. The Kier molecular flexibility index (Phi) is 5.01. The van der Waals surface area contributed by atoms with Crippen LogP contribution < -0.4 is 5.32 Å². The normalized spacial score (nSPS) is 13.3. The molecular weight excluding hydrogens is 445 g/mol. The summed E-state index contributed by atoms with van der Waals surface area (Å²) in [6.07, 6.45) is 0. The molecule has 0 radical (unpaired) electrons. The van der Waals surface area contributed by atoms with Gasteiger partial charge in [-0.2, -0.15) is 4.98 Å². The monoisotopic (exact) mass is 463 g/mol. The Morgan fingerprint density at radius 1 is 1.09 bits per heavy atom. The number of hydrogen-bond donors (Lipinski definition) is 1. The Balaban J connectivity index is 1.39. The molecule has 2 aromatic carbocycles. The standard InChI is InChI=1S/C23H18FN5O3S/c1-12(2)10-28-20(31)16-8-5-14(9-17(16)21(28)32)19(30)25-22-26-23-29(27-22)18(11-33-23)13-3-6-15(24)7-4-13/h3-9,11-12H,10H2,1-2H3,(H,25,27,30). The molecule has 2 aromatic heterocycles. The van der Waals surface area contributed by atoms with E-state index in [1.165, 1.54) is 46.6 Å². The number of amides is 3.